The molecule has 0 spiro atoms. The van der Waals surface area contributed by atoms with E-state index in [1.54, 1.807) is 7.11 Å². The maximum absolute atomic E-state index is 5.11. The Bertz CT molecular complexity index is 316. The predicted octanol–water partition coefficient (Wildman–Crippen LogP) is 4.08. The van der Waals surface area contributed by atoms with E-state index in [1.807, 2.05) is 30.5 Å². The summed E-state index contributed by atoms with van der Waals surface area (Å²) in [4.78, 5) is 4.43. The van der Waals surface area contributed by atoms with Gasteiger partial charge in [0.1, 0.15) is 5.75 Å². The Balaban J connectivity index is 2.19. The molecule has 0 bridgehead atoms. The molecular formula is C15H23NO. The number of aliphatic imine (C=N–C) groups is 1. The number of hydrogen-bond donors (Lipinski definition) is 0. The minimum atomic E-state index is 0.890. The average Bonchev–Trinajstić information content (AvgIpc) is 2.38. The molecule has 0 radical (unpaired) electrons. The molecule has 1 aromatic rings. The third kappa shape index (κ3) is 6.10. The second-order valence-electron chi connectivity index (χ2n) is 4.22. The first-order chi connectivity index (χ1) is 8.36. The van der Waals surface area contributed by atoms with Crippen molar-refractivity contribution in [3.05, 3.63) is 29.8 Å². The van der Waals surface area contributed by atoms with Crippen LogP contribution in [0.4, 0.5) is 0 Å². The lowest BCUT2D eigenvalue weighted by Gasteiger charge is -1.99. The molecule has 0 aliphatic carbocycles. The third-order valence-electron chi connectivity index (χ3n) is 2.75. The van der Waals surface area contributed by atoms with E-state index < -0.39 is 0 Å². The molecule has 2 heteroatoms. The van der Waals surface area contributed by atoms with Crippen molar-refractivity contribution in [3.8, 4) is 5.75 Å². The summed E-state index contributed by atoms with van der Waals surface area (Å²) in [5.41, 5.74) is 1.14. The summed E-state index contributed by atoms with van der Waals surface area (Å²) in [6.07, 6.45) is 8.44. The zero-order chi connectivity index (χ0) is 12.3. The zero-order valence-corrected chi connectivity index (χ0v) is 11.0. The summed E-state index contributed by atoms with van der Waals surface area (Å²) in [6.45, 7) is 3.18. The van der Waals surface area contributed by atoms with Crippen LogP contribution in [0.3, 0.4) is 0 Å². The lowest BCUT2D eigenvalue weighted by atomic mass is 10.1. The summed E-state index contributed by atoms with van der Waals surface area (Å²) in [5.74, 6) is 0.890. The normalized spacial score (nSPS) is 10.9. The maximum Gasteiger partial charge on any atom is 0.118 e. The quantitative estimate of drug-likeness (QED) is 0.489. The second kappa shape index (κ2) is 8.80. The fourth-order valence-corrected chi connectivity index (χ4v) is 1.67. The molecule has 0 atom stereocenters. The Morgan fingerprint density at radius 1 is 1.06 bits per heavy atom. The molecule has 0 saturated carbocycles. The third-order valence-corrected chi connectivity index (χ3v) is 2.75. The Morgan fingerprint density at radius 2 is 1.76 bits per heavy atom. The minimum Gasteiger partial charge on any atom is -0.497 e. The van der Waals surface area contributed by atoms with Crippen LogP contribution in [0.25, 0.3) is 0 Å². The second-order valence-corrected chi connectivity index (χ2v) is 4.22. The van der Waals surface area contributed by atoms with E-state index in [0.29, 0.717) is 0 Å². The number of benzene rings is 1. The van der Waals surface area contributed by atoms with Crippen LogP contribution in [-0.2, 0) is 0 Å². The van der Waals surface area contributed by atoms with Crippen LogP contribution in [0, 0.1) is 0 Å². The first-order valence-corrected chi connectivity index (χ1v) is 6.50. The van der Waals surface area contributed by atoms with Gasteiger partial charge in [-0.2, -0.15) is 0 Å². The van der Waals surface area contributed by atoms with E-state index in [9.17, 15) is 0 Å². The molecule has 0 N–H and O–H groups in total. The molecule has 2 nitrogen and oxygen atoms in total. The van der Waals surface area contributed by atoms with Gasteiger partial charge < -0.3 is 4.74 Å². The topological polar surface area (TPSA) is 21.6 Å². The van der Waals surface area contributed by atoms with Crippen molar-refractivity contribution in [2.45, 2.75) is 39.0 Å². The molecule has 0 heterocycles. The van der Waals surface area contributed by atoms with Gasteiger partial charge in [-0.1, -0.05) is 32.6 Å². The summed E-state index contributed by atoms with van der Waals surface area (Å²) in [7, 11) is 1.68. The molecule has 17 heavy (non-hydrogen) atoms. The largest absolute Gasteiger partial charge is 0.497 e. The molecule has 0 aliphatic rings. The monoisotopic (exact) mass is 233 g/mol. The predicted molar refractivity (Wildman–Crippen MR) is 74.2 cm³/mol. The summed E-state index contributed by atoms with van der Waals surface area (Å²) in [6, 6.07) is 7.98. The van der Waals surface area contributed by atoms with E-state index >= 15 is 0 Å². The van der Waals surface area contributed by atoms with Crippen molar-refractivity contribution in [3.63, 3.8) is 0 Å². The van der Waals surface area contributed by atoms with Gasteiger partial charge in [0.2, 0.25) is 0 Å². The van der Waals surface area contributed by atoms with Crippen molar-refractivity contribution in [1.29, 1.82) is 0 Å². The standard InChI is InChI=1S/C15H23NO/c1-3-4-5-6-7-12-16-13-14-8-10-15(17-2)11-9-14/h8-11,13H,3-7,12H2,1-2H3/b16-13+. The highest BCUT2D eigenvalue weighted by Gasteiger charge is 1.91. The lowest BCUT2D eigenvalue weighted by molar-refractivity contribution is 0.415. The Labute approximate surface area is 105 Å². The van der Waals surface area contributed by atoms with Gasteiger partial charge >= 0.3 is 0 Å². The fraction of sp³-hybridized carbons (Fsp3) is 0.533. The van der Waals surface area contributed by atoms with Crippen LogP contribution >= 0.6 is 0 Å². The molecular weight excluding hydrogens is 210 g/mol. The Hall–Kier alpha value is -1.31. The number of unbranched alkanes of at least 4 members (excludes halogenated alkanes) is 4. The van der Waals surface area contributed by atoms with Gasteiger partial charge in [-0.15, -0.1) is 0 Å². The van der Waals surface area contributed by atoms with Gasteiger partial charge in [0.05, 0.1) is 7.11 Å². The highest BCUT2D eigenvalue weighted by atomic mass is 16.5. The highest BCUT2D eigenvalue weighted by molar-refractivity contribution is 5.79. The van der Waals surface area contributed by atoms with Crippen molar-refractivity contribution >= 4 is 6.21 Å². The van der Waals surface area contributed by atoms with Crippen molar-refractivity contribution in [1.82, 2.24) is 0 Å². The molecule has 1 aromatic carbocycles. The van der Waals surface area contributed by atoms with E-state index in [1.165, 1.54) is 32.1 Å². The summed E-state index contributed by atoms with van der Waals surface area (Å²) < 4.78 is 5.11. The van der Waals surface area contributed by atoms with Gasteiger partial charge in [0.25, 0.3) is 0 Å². The number of nitrogens with zero attached hydrogens (tertiary/aromatic N) is 1. The van der Waals surface area contributed by atoms with Gasteiger partial charge in [-0.05, 0) is 36.2 Å². The van der Waals surface area contributed by atoms with E-state index in [0.717, 1.165) is 17.9 Å². The molecule has 0 unspecified atom stereocenters. The molecule has 0 amide bonds. The van der Waals surface area contributed by atoms with Crippen LogP contribution in [0.5, 0.6) is 5.75 Å². The zero-order valence-electron chi connectivity index (χ0n) is 11.0. The van der Waals surface area contributed by atoms with Crippen molar-refractivity contribution in [2.75, 3.05) is 13.7 Å². The van der Waals surface area contributed by atoms with Gasteiger partial charge in [0, 0.05) is 12.8 Å². The Kier molecular flexibility index (Phi) is 7.12. The Morgan fingerprint density at radius 3 is 2.41 bits per heavy atom. The van der Waals surface area contributed by atoms with Crippen LogP contribution in [0.2, 0.25) is 0 Å². The van der Waals surface area contributed by atoms with Crippen LogP contribution in [-0.4, -0.2) is 19.9 Å². The van der Waals surface area contributed by atoms with E-state index in [2.05, 4.69) is 11.9 Å². The molecule has 0 fully saturated rings. The SMILES string of the molecule is CCCCCCC/N=C/c1ccc(OC)cc1. The molecule has 1 rings (SSSR count). The van der Waals surface area contributed by atoms with Crippen molar-refractivity contribution < 1.29 is 4.74 Å². The summed E-state index contributed by atoms with van der Waals surface area (Å²) >= 11 is 0. The molecule has 94 valence electrons. The van der Waals surface area contributed by atoms with Crippen LogP contribution in [0.1, 0.15) is 44.6 Å². The maximum atomic E-state index is 5.11. The highest BCUT2D eigenvalue weighted by Crippen LogP contribution is 2.09. The molecule has 0 aromatic heterocycles. The number of rotatable bonds is 8. The first-order valence-electron chi connectivity index (χ1n) is 6.50. The lowest BCUT2D eigenvalue weighted by Crippen LogP contribution is -1.87. The average molecular weight is 233 g/mol. The number of methoxy groups -OCH3 is 1. The smallest absolute Gasteiger partial charge is 0.118 e. The number of hydrogen-bond acceptors (Lipinski definition) is 2. The first kappa shape index (κ1) is 13.8. The minimum absolute atomic E-state index is 0.890. The number of ether oxygens (including phenoxy) is 1. The van der Waals surface area contributed by atoms with Gasteiger partial charge in [0.15, 0.2) is 0 Å². The van der Waals surface area contributed by atoms with E-state index in [4.69, 9.17) is 4.74 Å². The summed E-state index contributed by atoms with van der Waals surface area (Å²) in [5, 5.41) is 0. The van der Waals surface area contributed by atoms with Crippen molar-refractivity contribution in [2.24, 2.45) is 4.99 Å². The van der Waals surface area contributed by atoms with E-state index in [-0.39, 0.29) is 0 Å². The molecule has 0 saturated heterocycles. The fourth-order valence-electron chi connectivity index (χ4n) is 1.67. The molecule has 0 aliphatic heterocycles. The van der Waals surface area contributed by atoms with Crippen LogP contribution in [0.15, 0.2) is 29.3 Å². The van der Waals surface area contributed by atoms with Gasteiger partial charge in [-0.3, -0.25) is 4.99 Å². The van der Waals surface area contributed by atoms with Crippen LogP contribution < -0.4 is 4.74 Å². The van der Waals surface area contributed by atoms with Gasteiger partial charge in [-0.25, -0.2) is 0 Å².